The number of benzene rings is 1. The molecule has 1 aromatic carbocycles. The van der Waals surface area contributed by atoms with Crippen LogP contribution in [0.1, 0.15) is 23.7 Å². The Labute approximate surface area is 150 Å². The van der Waals surface area contributed by atoms with Crippen molar-refractivity contribution in [2.24, 2.45) is 0 Å². The molecule has 0 amide bonds. The largest absolute Gasteiger partial charge is 0.379 e. The van der Waals surface area contributed by atoms with Gasteiger partial charge in [0, 0.05) is 24.5 Å². The quantitative estimate of drug-likeness (QED) is 0.740. The second-order valence-corrected chi connectivity index (χ2v) is 8.45. The van der Waals surface area contributed by atoms with Gasteiger partial charge in [-0.1, -0.05) is 11.2 Å². The van der Waals surface area contributed by atoms with Crippen LogP contribution in [-0.4, -0.2) is 46.0 Å². The first-order chi connectivity index (χ1) is 12.3. The summed E-state index contributed by atoms with van der Waals surface area (Å²) in [7, 11) is -3.81. The van der Waals surface area contributed by atoms with E-state index in [-0.39, 0.29) is 30.3 Å². The third kappa shape index (κ3) is 2.59. The Balaban J connectivity index is 1.74. The van der Waals surface area contributed by atoms with Gasteiger partial charge in [0.25, 0.3) is 5.89 Å². The molecule has 1 atom stereocenters. The number of aromatic nitrogens is 3. The number of aryl methyl sites for hydroxylation is 2. The molecule has 0 aliphatic carbocycles. The fourth-order valence-electron chi connectivity index (χ4n) is 3.28. The van der Waals surface area contributed by atoms with Gasteiger partial charge in [0.1, 0.15) is 0 Å². The lowest BCUT2D eigenvalue weighted by atomic mass is 10.0. The first-order valence-corrected chi connectivity index (χ1v) is 9.63. The number of hydrogen-bond acceptors (Lipinski definition) is 7. The molecule has 136 valence electrons. The van der Waals surface area contributed by atoms with Crippen molar-refractivity contribution >= 4 is 20.9 Å². The van der Waals surface area contributed by atoms with Crippen molar-refractivity contribution in [1.82, 2.24) is 19.4 Å². The van der Waals surface area contributed by atoms with E-state index in [1.165, 1.54) is 4.31 Å². The first-order valence-electron chi connectivity index (χ1n) is 8.19. The summed E-state index contributed by atoms with van der Waals surface area (Å²) in [4.78, 5) is 8.53. The number of aliphatic hydroxyl groups is 1. The first kappa shape index (κ1) is 17.1. The molecule has 1 N–H and O–H groups in total. The highest BCUT2D eigenvalue weighted by Gasteiger charge is 2.46. The van der Waals surface area contributed by atoms with Crippen LogP contribution < -0.4 is 0 Å². The molecule has 9 heteroatoms. The summed E-state index contributed by atoms with van der Waals surface area (Å²) in [6, 6.07) is 6.78. The monoisotopic (exact) mass is 374 g/mol. The Kier molecular flexibility index (Phi) is 3.83. The molecule has 4 rings (SSSR count). The molecule has 0 spiro atoms. The summed E-state index contributed by atoms with van der Waals surface area (Å²) in [5.74, 6) is 0.438. The van der Waals surface area contributed by atoms with E-state index in [2.05, 4.69) is 15.1 Å². The number of hydrogen-bond donors (Lipinski definition) is 1. The zero-order valence-electron chi connectivity index (χ0n) is 14.4. The van der Waals surface area contributed by atoms with Crippen molar-refractivity contribution in [2.45, 2.75) is 30.8 Å². The van der Waals surface area contributed by atoms with Crippen molar-refractivity contribution in [3.8, 4) is 0 Å². The zero-order chi connectivity index (χ0) is 18.5. The standard InChI is InChI=1S/C17H18N4O4S/c1-11-5-6-14(13-4-3-8-18-15(11)13)26(23,24)21-9-7-17(22,10-21)16-19-12(2)20-25-16/h3-6,8,22H,7,9-10H2,1-2H3/t17-/m0/s1. The predicted molar refractivity (Wildman–Crippen MR) is 92.8 cm³/mol. The second-order valence-electron chi connectivity index (χ2n) is 6.55. The molecular weight excluding hydrogens is 356 g/mol. The minimum atomic E-state index is -3.81. The molecule has 3 heterocycles. The number of pyridine rings is 1. The molecule has 0 unspecified atom stereocenters. The summed E-state index contributed by atoms with van der Waals surface area (Å²) < 4.78 is 32.7. The Morgan fingerprint density at radius 3 is 2.81 bits per heavy atom. The smallest absolute Gasteiger partial charge is 0.260 e. The van der Waals surface area contributed by atoms with E-state index >= 15 is 0 Å². The summed E-state index contributed by atoms with van der Waals surface area (Å²) >= 11 is 0. The van der Waals surface area contributed by atoms with Gasteiger partial charge < -0.3 is 9.63 Å². The van der Waals surface area contributed by atoms with Gasteiger partial charge in [-0.2, -0.15) is 9.29 Å². The van der Waals surface area contributed by atoms with E-state index in [0.29, 0.717) is 16.7 Å². The van der Waals surface area contributed by atoms with Crippen LogP contribution in [0, 0.1) is 13.8 Å². The zero-order valence-corrected chi connectivity index (χ0v) is 15.2. The maximum atomic E-state index is 13.2. The van der Waals surface area contributed by atoms with E-state index in [9.17, 15) is 13.5 Å². The van der Waals surface area contributed by atoms with E-state index in [1.807, 2.05) is 6.92 Å². The number of fused-ring (bicyclic) bond motifs is 1. The van der Waals surface area contributed by atoms with Crippen molar-refractivity contribution in [1.29, 1.82) is 0 Å². The van der Waals surface area contributed by atoms with E-state index in [4.69, 9.17) is 4.52 Å². The topological polar surface area (TPSA) is 109 Å². The fourth-order valence-corrected chi connectivity index (χ4v) is 4.95. The van der Waals surface area contributed by atoms with Gasteiger partial charge in [0.05, 0.1) is 17.0 Å². The molecule has 1 saturated heterocycles. The molecule has 1 aliphatic rings. The maximum absolute atomic E-state index is 13.2. The van der Waals surface area contributed by atoms with Crippen molar-refractivity contribution in [2.75, 3.05) is 13.1 Å². The number of nitrogens with zero attached hydrogens (tertiary/aromatic N) is 4. The van der Waals surface area contributed by atoms with Gasteiger partial charge >= 0.3 is 0 Å². The maximum Gasteiger partial charge on any atom is 0.260 e. The summed E-state index contributed by atoms with van der Waals surface area (Å²) in [5, 5.41) is 15.0. The molecule has 26 heavy (non-hydrogen) atoms. The lowest BCUT2D eigenvalue weighted by Gasteiger charge is -2.20. The molecular formula is C17H18N4O4S. The van der Waals surface area contributed by atoms with Gasteiger partial charge in [-0.05, 0) is 37.6 Å². The lowest BCUT2D eigenvalue weighted by Crippen LogP contribution is -2.34. The van der Waals surface area contributed by atoms with Crippen LogP contribution >= 0.6 is 0 Å². The van der Waals surface area contributed by atoms with Crippen LogP contribution in [0.2, 0.25) is 0 Å². The Morgan fingerprint density at radius 2 is 2.08 bits per heavy atom. The highest BCUT2D eigenvalue weighted by atomic mass is 32.2. The molecule has 0 bridgehead atoms. The highest BCUT2D eigenvalue weighted by molar-refractivity contribution is 7.89. The number of sulfonamides is 1. The van der Waals surface area contributed by atoms with E-state index in [1.54, 1.807) is 37.4 Å². The van der Waals surface area contributed by atoms with Gasteiger partial charge in [0.15, 0.2) is 11.4 Å². The average molecular weight is 374 g/mol. The van der Waals surface area contributed by atoms with Crippen LogP contribution in [-0.2, 0) is 15.6 Å². The normalized spacial score (nSPS) is 21.5. The third-order valence-electron chi connectivity index (χ3n) is 4.69. The summed E-state index contributed by atoms with van der Waals surface area (Å²) in [6.45, 7) is 3.56. The van der Waals surface area contributed by atoms with Crippen LogP contribution in [0.5, 0.6) is 0 Å². The van der Waals surface area contributed by atoms with Crippen LogP contribution in [0.25, 0.3) is 10.9 Å². The molecule has 0 saturated carbocycles. The number of rotatable bonds is 3. The van der Waals surface area contributed by atoms with Crippen molar-refractivity contribution < 1.29 is 18.0 Å². The predicted octanol–water partition coefficient (Wildman–Crippen LogP) is 1.52. The van der Waals surface area contributed by atoms with Gasteiger partial charge in [-0.3, -0.25) is 4.98 Å². The Bertz CT molecular complexity index is 1100. The van der Waals surface area contributed by atoms with Crippen LogP contribution in [0.4, 0.5) is 0 Å². The van der Waals surface area contributed by atoms with Gasteiger partial charge in [-0.25, -0.2) is 8.42 Å². The Morgan fingerprint density at radius 1 is 1.27 bits per heavy atom. The average Bonchev–Trinajstić information content (AvgIpc) is 3.23. The highest BCUT2D eigenvalue weighted by Crippen LogP contribution is 2.35. The molecule has 8 nitrogen and oxygen atoms in total. The summed E-state index contributed by atoms with van der Waals surface area (Å²) in [5.41, 5.74) is 0.0713. The Hall–Kier alpha value is -2.36. The molecule has 2 aromatic heterocycles. The van der Waals surface area contributed by atoms with Crippen LogP contribution in [0.3, 0.4) is 0 Å². The SMILES string of the molecule is Cc1noc([C@]2(O)CCN(S(=O)(=O)c3ccc(C)c4ncccc34)C2)n1. The number of β-amino-alcohol motifs (C(OH)–C–C–N with tert-alkyl or cyclic N) is 1. The van der Waals surface area contributed by atoms with E-state index in [0.717, 1.165) is 5.56 Å². The molecule has 1 aliphatic heterocycles. The fraction of sp³-hybridized carbons (Fsp3) is 0.353. The van der Waals surface area contributed by atoms with Crippen molar-refractivity contribution in [3.05, 3.63) is 47.7 Å². The third-order valence-corrected chi connectivity index (χ3v) is 6.59. The van der Waals surface area contributed by atoms with Gasteiger partial charge in [-0.15, -0.1) is 0 Å². The van der Waals surface area contributed by atoms with Crippen LogP contribution in [0.15, 0.2) is 39.9 Å². The second kappa shape index (κ2) is 5.83. The van der Waals surface area contributed by atoms with Crippen molar-refractivity contribution in [3.63, 3.8) is 0 Å². The van der Waals surface area contributed by atoms with E-state index < -0.39 is 15.6 Å². The minimum Gasteiger partial charge on any atom is -0.379 e. The molecule has 0 radical (unpaired) electrons. The lowest BCUT2D eigenvalue weighted by molar-refractivity contribution is 0.0194. The minimum absolute atomic E-state index is 0.0446. The summed E-state index contributed by atoms with van der Waals surface area (Å²) in [6.07, 6.45) is 1.83. The molecule has 3 aromatic rings. The molecule has 1 fully saturated rings. The van der Waals surface area contributed by atoms with Gasteiger partial charge in [0.2, 0.25) is 10.0 Å².